The number of nitrogens with zero attached hydrogens (tertiary/aromatic N) is 1. The standard InChI is InChI=1S/C9H16N2O3/c1-6(2)11-5-8(14-9(11)13)4-10-7(3)12/h6,8H,4-5H2,1-3H3,(H,10,12). The average molecular weight is 200 g/mol. The molecule has 1 saturated heterocycles. The molecule has 0 aliphatic carbocycles. The fourth-order valence-electron chi connectivity index (χ4n) is 1.33. The number of nitrogens with one attached hydrogen (secondary N) is 1. The SMILES string of the molecule is CC(=O)NCC1CN(C(C)C)C(=O)O1. The Morgan fingerprint density at radius 2 is 2.36 bits per heavy atom. The van der Waals surface area contributed by atoms with Crippen molar-refractivity contribution in [2.24, 2.45) is 0 Å². The number of cyclic esters (lactones) is 1. The molecular weight excluding hydrogens is 184 g/mol. The molecule has 5 heteroatoms. The maximum absolute atomic E-state index is 11.3. The molecule has 1 fully saturated rings. The van der Waals surface area contributed by atoms with Crippen molar-refractivity contribution in [2.75, 3.05) is 13.1 Å². The Labute approximate surface area is 83.4 Å². The van der Waals surface area contributed by atoms with Crippen LogP contribution in [0.3, 0.4) is 0 Å². The minimum atomic E-state index is -0.296. The van der Waals surface area contributed by atoms with Crippen molar-refractivity contribution in [1.29, 1.82) is 0 Å². The third-order valence-electron chi connectivity index (χ3n) is 2.10. The minimum absolute atomic E-state index is 0.107. The molecule has 1 aliphatic heterocycles. The molecule has 0 bridgehead atoms. The lowest BCUT2D eigenvalue weighted by Gasteiger charge is -2.16. The molecule has 0 radical (unpaired) electrons. The predicted molar refractivity (Wildman–Crippen MR) is 50.8 cm³/mol. The van der Waals surface area contributed by atoms with Crippen molar-refractivity contribution >= 4 is 12.0 Å². The fraction of sp³-hybridized carbons (Fsp3) is 0.778. The molecule has 1 aliphatic rings. The van der Waals surface area contributed by atoms with Crippen LogP contribution < -0.4 is 5.32 Å². The summed E-state index contributed by atoms with van der Waals surface area (Å²) in [5.74, 6) is -0.107. The highest BCUT2D eigenvalue weighted by molar-refractivity contribution is 5.73. The van der Waals surface area contributed by atoms with E-state index in [2.05, 4.69) is 5.32 Å². The summed E-state index contributed by atoms with van der Waals surface area (Å²) in [7, 11) is 0. The van der Waals surface area contributed by atoms with Gasteiger partial charge in [0.2, 0.25) is 5.91 Å². The van der Waals surface area contributed by atoms with Gasteiger partial charge in [0, 0.05) is 13.0 Å². The number of amides is 2. The van der Waals surface area contributed by atoms with Gasteiger partial charge in [0.1, 0.15) is 6.10 Å². The Hall–Kier alpha value is -1.26. The van der Waals surface area contributed by atoms with Crippen LogP contribution in [0, 0.1) is 0 Å². The van der Waals surface area contributed by atoms with Crippen molar-refractivity contribution in [3.63, 3.8) is 0 Å². The molecule has 0 spiro atoms. The molecule has 0 aromatic carbocycles. The highest BCUT2D eigenvalue weighted by atomic mass is 16.6. The molecule has 1 heterocycles. The minimum Gasteiger partial charge on any atom is -0.442 e. The Balaban J connectivity index is 2.39. The smallest absolute Gasteiger partial charge is 0.410 e. The van der Waals surface area contributed by atoms with Crippen LogP contribution in [0.25, 0.3) is 0 Å². The number of ether oxygens (including phenoxy) is 1. The van der Waals surface area contributed by atoms with E-state index in [1.165, 1.54) is 6.92 Å². The molecule has 1 rings (SSSR count). The number of hydrogen-bond donors (Lipinski definition) is 1. The van der Waals surface area contributed by atoms with E-state index in [-0.39, 0.29) is 24.1 Å². The lowest BCUT2D eigenvalue weighted by Crippen LogP contribution is -2.35. The average Bonchev–Trinajstić information content (AvgIpc) is 2.43. The zero-order valence-electron chi connectivity index (χ0n) is 8.74. The van der Waals surface area contributed by atoms with E-state index in [0.29, 0.717) is 13.1 Å². The zero-order valence-corrected chi connectivity index (χ0v) is 8.74. The van der Waals surface area contributed by atoms with Crippen molar-refractivity contribution in [3.8, 4) is 0 Å². The number of rotatable bonds is 3. The highest BCUT2D eigenvalue weighted by Gasteiger charge is 2.32. The summed E-state index contributed by atoms with van der Waals surface area (Å²) in [6.45, 7) is 6.25. The summed E-state index contributed by atoms with van der Waals surface area (Å²) in [5, 5.41) is 2.62. The van der Waals surface area contributed by atoms with E-state index < -0.39 is 0 Å². The van der Waals surface area contributed by atoms with E-state index in [4.69, 9.17) is 4.74 Å². The van der Waals surface area contributed by atoms with Crippen LogP contribution in [0.2, 0.25) is 0 Å². The van der Waals surface area contributed by atoms with Gasteiger partial charge in [0.25, 0.3) is 0 Å². The maximum Gasteiger partial charge on any atom is 0.410 e. The van der Waals surface area contributed by atoms with Crippen molar-refractivity contribution in [2.45, 2.75) is 32.9 Å². The summed E-state index contributed by atoms with van der Waals surface area (Å²) in [6.07, 6.45) is -0.510. The van der Waals surface area contributed by atoms with Crippen molar-refractivity contribution in [3.05, 3.63) is 0 Å². The molecule has 0 aromatic heterocycles. The Bertz CT molecular complexity index is 240. The molecule has 0 saturated carbocycles. The molecule has 0 aromatic rings. The van der Waals surface area contributed by atoms with Gasteiger partial charge >= 0.3 is 6.09 Å². The van der Waals surface area contributed by atoms with Gasteiger partial charge in [-0.3, -0.25) is 4.79 Å². The zero-order chi connectivity index (χ0) is 10.7. The van der Waals surface area contributed by atoms with Gasteiger partial charge in [-0.15, -0.1) is 0 Å². The predicted octanol–water partition coefficient (Wildman–Crippen LogP) is 0.352. The van der Waals surface area contributed by atoms with Crippen LogP contribution >= 0.6 is 0 Å². The molecule has 5 nitrogen and oxygen atoms in total. The first-order valence-electron chi connectivity index (χ1n) is 4.72. The van der Waals surface area contributed by atoms with Crippen molar-refractivity contribution < 1.29 is 14.3 Å². The third-order valence-corrected chi connectivity index (χ3v) is 2.10. The summed E-state index contributed by atoms with van der Waals surface area (Å²) in [6, 6.07) is 0.143. The van der Waals surface area contributed by atoms with E-state index in [0.717, 1.165) is 0 Å². The fourth-order valence-corrected chi connectivity index (χ4v) is 1.33. The lowest BCUT2D eigenvalue weighted by molar-refractivity contribution is -0.119. The number of hydrogen-bond acceptors (Lipinski definition) is 3. The number of carbonyl (C=O) groups excluding carboxylic acids is 2. The van der Waals surface area contributed by atoms with Gasteiger partial charge in [-0.25, -0.2) is 4.79 Å². The molecule has 1 unspecified atom stereocenters. The topological polar surface area (TPSA) is 58.6 Å². The first-order valence-corrected chi connectivity index (χ1v) is 4.72. The first kappa shape index (κ1) is 10.8. The molecule has 14 heavy (non-hydrogen) atoms. The van der Waals surface area contributed by atoms with Crippen LogP contribution in [0.5, 0.6) is 0 Å². The Kier molecular flexibility index (Phi) is 3.33. The quantitative estimate of drug-likeness (QED) is 0.715. The summed E-state index contributed by atoms with van der Waals surface area (Å²) < 4.78 is 5.06. The second-order valence-electron chi connectivity index (χ2n) is 3.69. The van der Waals surface area contributed by atoms with Crippen LogP contribution in [0.4, 0.5) is 4.79 Å². The Morgan fingerprint density at radius 3 is 2.79 bits per heavy atom. The van der Waals surface area contributed by atoms with Crippen LogP contribution in [0.15, 0.2) is 0 Å². The molecule has 1 N–H and O–H groups in total. The summed E-state index contributed by atoms with van der Waals surface area (Å²) >= 11 is 0. The van der Waals surface area contributed by atoms with Gasteiger partial charge in [-0.2, -0.15) is 0 Å². The van der Waals surface area contributed by atoms with E-state index >= 15 is 0 Å². The Morgan fingerprint density at radius 1 is 1.71 bits per heavy atom. The van der Waals surface area contributed by atoms with Gasteiger partial charge in [-0.1, -0.05) is 0 Å². The summed E-state index contributed by atoms with van der Waals surface area (Å²) in [5.41, 5.74) is 0. The lowest BCUT2D eigenvalue weighted by atomic mass is 10.3. The molecular formula is C9H16N2O3. The summed E-state index contributed by atoms with van der Waals surface area (Å²) in [4.78, 5) is 23.5. The van der Waals surface area contributed by atoms with Gasteiger partial charge in [0.15, 0.2) is 0 Å². The van der Waals surface area contributed by atoms with E-state index in [1.807, 2.05) is 13.8 Å². The maximum atomic E-state index is 11.3. The van der Waals surface area contributed by atoms with Gasteiger partial charge in [-0.05, 0) is 13.8 Å². The normalized spacial score (nSPS) is 21.3. The van der Waals surface area contributed by atoms with E-state index in [9.17, 15) is 9.59 Å². The van der Waals surface area contributed by atoms with Gasteiger partial charge < -0.3 is 15.0 Å². The van der Waals surface area contributed by atoms with Crippen LogP contribution in [0.1, 0.15) is 20.8 Å². The van der Waals surface area contributed by atoms with Crippen molar-refractivity contribution in [1.82, 2.24) is 10.2 Å². The highest BCUT2D eigenvalue weighted by Crippen LogP contribution is 2.13. The second kappa shape index (κ2) is 4.30. The monoisotopic (exact) mass is 200 g/mol. The third kappa shape index (κ3) is 2.61. The largest absolute Gasteiger partial charge is 0.442 e. The van der Waals surface area contributed by atoms with E-state index in [1.54, 1.807) is 4.90 Å². The van der Waals surface area contributed by atoms with Gasteiger partial charge in [0.05, 0.1) is 13.1 Å². The second-order valence-corrected chi connectivity index (χ2v) is 3.69. The first-order chi connectivity index (χ1) is 6.50. The molecule has 2 amide bonds. The van der Waals surface area contributed by atoms with Crippen LogP contribution in [-0.2, 0) is 9.53 Å². The van der Waals surface area contributed by atoms with Crippen LogP contribution in [-0.4, -0.2) is 42.1 Å². The molecule has 1 atom stereocenters. The number of carbonyl (C=O) groups is 2. The molecule has 80 valence electrons.